The van der Waals surface area contributed by atoms with E-state index in [4.69, 9.17) is 5.73 Å². The van der Waals surface area contributed by atoms with Gasteiger partial charge in [-0.2, -0.15) is 10.4 Å². The molecule has 25 heavy (non-hydrogen) atoms. The standard InChI is InChI=1S/C18H21N5O2/c1-12(2)18(3,11-19)21-15(24)10-23-9-14(17(20)25)16(22-23)13-7-5-4-6-8-13/h4-9,12H,10H2,1-3H3,(H2,20,25)(H,21,24)/t18-/m1/s1. The summed E-state index contributed by atoms with van der Waals surface area (Å²) in [5, 5.41) is 16.3. The molecule has 1 atom stereocenters. The number of nitrogens with two attached hydrogens (primary N) is 1. The molecule has 2 amide bonds. The first-order valence-corrected chi connectivity index (χ1v) is 7.91. The maximum Gasteiger partial charge on any atom is 0.252 e. The van der Waals surface area contributed by atoms with E-state index in [1.54, 1.807) is 6.92 Å². The van der Waals surface area contributed by atoms with Crippen LogP contribution in [0.3, 0.4) is 0 Å². The van der Waals surface area contributed by atoms with Gasteiger partial charge in [-0.15, -0.1) is 0 Å². The fourth-order valence-corrected chi connectivity index (χ4v) is 2.27. The van der Waals surface area contributed by atoms with Gasteiger partial charge in [0.15, 0.2) is 0 Å². The van der Waals surface area contributed by atoms with E-state index in [1.165, 1.54) is 10.9 Å². The maximum absolute atomic E-state index is 12.3. The first-order valence-electron chi connectivity index (χ1n) is 7.91. The average molecular weight is 339 g/mol. The number of rotatable bonds is 6. The largest absolute Gasteiger partial charge is 0.365 e. The molecule has 2 aromatic rings. The van der Waals surface area contributed by atoms with Crippen LogP contribution in [-0.4, -0.2) is 27.1 Å². The number of nitriles is 1. The molecular weight excluding hydrogens is 318 g/mol. The minimum absolute atomic E-state index is 0.0554. The average Bonchev–Trinajstić information content (AvgIpc) is 2.99. The summed E-state index contributed by atoms with van der Waals surface area (Å²) in [6, 6.07) is 11.2. The summed E-state index contributed by atoms with van der Waals surface area (Å²) in [7, 11) is 0. The second-order valence-electron chi connectivity index (χ2n) is 6.34. The van der Waals surface area contributed by atoms with Gasteiger partial charge in [0.05, 0.1) is 11.6 Å². The second kappa shape index (κ2) is 7.18. The zero-order valence-corrected chi connectivity index (χ0v) is 14.5. The van der Waals surface area contributed by atoms with Crippen LogP contribution in [0.2, 0.25) is 0 Å². The summed E-state index contributed by atoms with van der Waals surface area (Å²) in [6.07, 6.45) is 1.45. The molecule has 0 aliphatic heterocycles. The zero-order chi connectivity index (χ0) is 18.6. The Morgan fingerprint density at radius 2 is 2.00 bits per heavy atom. The molecule has 130 valence electrons. The summed E-state index contributed by atoms with van der Waals surface area (Å²) < 4.78 is 1.36. The fourth-order valence-electron chi connectivity index (χ4n) is 2.27. The molecule has 7 nitrogen and oxygen atoms in total. The molecule has 3 N–H and O–H groups in total. The number of amides is 2. The van der Waals surface area contributed by atoms with Gasteiger partial charge >= 0.3 is 0 Å². The van der Waals surface area contributed by atoms with Gasteiger partial charge in [0.25, 0.3) is 5.91 Å². The number of carbonyl (C=O) groups excluding carboxylic acids is 2. The van der Waals surface area contributed by atoms with Gasteiger partial charge in [-0.1, -0.05) is 44.2 Å². The van der Waals surface area contributed by atoms with Crippen LogP contribution in [0.5, 0.6) is 0 Å². The number of aromatic nitrogens is 2. The Hall–Kier alpha value is -3.14. The maximum atomic E-state index is 12.3. The van der Waals surface area contributed by atoms with Crippen LogP contribution in [-0.2, 0) is 11.3 Å². The highest BCUT2D eigenvalue weighted by Crippen LogP contribution is 2.21. The van der Waals surface area contributed by atoms with E-state index < -0.39 is 11.4 Å². The predicted octanol–water partition coefficient (Wildman–Crippen LogP) is 1.70. The predicted molar refractivity (Wildman–Crippen MR) is 93.2 cm³/mol. The van der Waals surface area contributed by atoms with Crippen molar-refractivity contribution in [3.63, 3.8) is 0 Å². The molecule has 0 spiro atoms. The topological polar surface area (TPSA) is 114 Å². The first kappa shape index (κ1) is 18.2. The molecule has 1 aromatic heterocycles. The van der Waals surface area contributed by atoms with E-state index in [0.717, 1.165) is 5.56 Å². The van der Waals surface area contributed by atoms with Crippen molar-refractivity contribution < 1.29 is 9.59 Å². The van der Waals surface area contributed by atoms with Crippen molar-refractivity contribution >= 4 is 11.8 Å². The molecule has 0 radical (unpaired) electrons. The Morgan fingerprint density at radius 3 is 2.52 bits per heavy atom. The molecular formula is C18H21N5O2. The Balaban J connectivity index is 2.25. The minimum Gasteiger partial charge on any atom is -0.365 e. The smallest absolute Gasteiger partial charge is 0.252 e. The highest BCUT2D eigenvalue weighted by molar-refractivity contribution is 5.98. The fraction of sp³-hybridized carbons (Fsp3) is 0.333. The number of nitrogens with one attached hydrogen (secondary N) is 1. The lowest BCUT2D eigenvalue weighted by Gasteiger charge is -2.27. The Morgan fingerprint density at radius 1 is 1.36 bits per heavy atom. The van der Waals surface area contributed by atoms with Crippen molar-refractivity contribution in [2.75, 3.05) is 0 Å². The summed E-state index contributed by atoms with van der Waals surface area (Å²) in [5.74, 6) is -1.04. The first-order chi connectivity index (χ1) is 11.8. The van der Waals surface area contributed by atoms with E-state index in [9.17, 15) is 14.9 Å². The molecule has 1 aromatic carbocycles. The highest BCUT2D eigenvalue weighted by atomic mass is 16.2. The number of hydrogen-bond donors (Lipinski definition) is 2. The second-order valence-corrected chi connectivity index (χ2v) is 6.34. The van der Waals surface area contributed by atoms with E-state index in [0.29, 0.717) is 5.69 Å². The van der Waals surface area contributed by atoms with Crippen molar-refractivity contribution in [3.05, 3.63) is 42.1 Å². The number of nitrogens with zero attached hydrogens (tertiary/aromatic N) is 3. The Kier molecular flexibility index (Phi) is 5.22. The van der Waals surface area contributed by atoms with E-state index in [1.807, 2.05) is 44.2 Å². The van der Waals surface area contributed by atoms with Gasteiger partial charge in [-0.05, 0) is 12.8 Å². The lowest BCUT2D eigenvalue weighted by Crippen LogP contribution is -2.49. The lowest BCUT2D eigenvalue weighted by molar-refractivity contribution is -0.123. The van der Waals surface area contributed by atoms with E-state index in [2.05, 4.69) is 16.5 Å². The zero-order valence-electron chi connectivity index (χ0n) is 14.5. The van der Waals surface area contributed by atoms with Gasteiger partial charge in [0.1, 0.15) is 17.8 Å². The van der Waals surface area contributed by atoms with Crippen LogP contribution in [0, 0.1) is 17.2 Å². The summed E-state index contributed by atoms with van der Waals surface area (Å²) in [6.45, 7) is 5.27. The van der Waals surface area contributed by atoms with Gasteiger partial charge in [-0.25, -0.2) is 0 Å². The summed E-state index contributed by atoms with van der Waals surface area (Å²) in [4.78, 5) is 24.0. The van der Waals surface area contributed by atoms with Gasteiger partial charge < -0.3 is 11.1 Å². The molecule has 0 unspecified atom stereocenters. The third kappa shape index (κ3) is 4.04. The normalized spacial score (nSPS) is 13.1. The van der Waals surface area contributed by atoms with Crippen LogP contribution in [0.1, 0.15) is 31.1 Å². The summed E-state index contributed by atoms with van der Waals surface area (Å²) in [5.41, 5.74) is 5.85. The van der Waals surface area contributed by atoms with Crippen molar-refractivity contribution in [2.24, 2.45) is 11.7 Å². The monoisotopic (exact) mass is 339 g/mol. The molecule has 2 rings (SSSR count). The quantitative estimate of drug-likeness (QED) is 0.833. The van der Waals surface area contributed by atoms with E-state index in [-0.39, 0.29) is 23.9 Å². The highest BCUT2D eigenvalue weighted by Gasteiger charge is 2.30. The molecule has 0 aliphatic carbocycles. The van der Waals surface area contributed by atoms with Gasteiger partial charge in [-0.3, -0.25) is 14.3 Å². The number of benzene rings is 1. The van der Waals surface area contributed by atoms with Gasteiger partial charge in [0, 0.05) is 11.8 Å². The molecule has 0 bridgehead atoms. The SMILES string of the molecule is CC(C)[C@@](C)(C#N)NC(=O)Cn1cc(C(N)=O)c(-c2ccccc2)n1. The number of primary amides is 1. The molecule has 0 aliphatic rings. The Labute approximate surface area is 146 Å². The van der Waals surface area contributed by atoms with Gasteiger partial charge in [0.2, 0.25) is 5.91 Å². The summed E-state index contributed by atoms with van der Waals surface area (Å²) >= 11 is 0. The Bertz CT molecular complexity index is 820. The molecule has 0 saturated heterocycles. The molecule has 0 saturated carbocycles. The number of hydrogen-bond acceptors (Lipinski definition) is 4. The number of carbonyl (C=O) groups is 2. The van der Waals surface area contributed by atoms with Crippen LogP contribution >= 0.6 is 0 Å². The van der Waals surface area contributed by atoms with Crippen LogP contribution in [0.15, 0.2) is 36.5 Å². The lowest BCUT2D eigenvalue weighted by atomic mass is 9.90. The molecule has 0 fully saturated rings. The third-order valence-electron chi connectivity index (χ3n) is 4.17. The van der Waals surface area contributed by atoms with Crippen LogP contribution in [0.25, 0.3) is 11.3 Å². The molecule has 1 heterocycles. The van der Waals surface area contributed by atoms with E-state index >= 15 is 0 Å². The van der Waals surface area contributed by atoms with Crippen molar-refractivity contribution in [1.29, 1.82) is 5.26 Å². The molecule has 7 heteroatoms. The van der Waals surface area contributed by atoms with Crippen molar-refractivity contribution in [3.8, 4) is 17.3 Å². The van der Waals surface area contributed by atoms with Crippen LogP contribution < -0.4 is 11.1 Å². The van der Waals surface area contributed by atoms with Crippen LogP contribution in [0.4, 0.5) is 0 Å². The van der Waals surface area contributed by atoms with Crippen molar-refractivity contribution in [2.45, 2.75) is 32.9 Å². The third-order valence-corrected chi connectivity index (χ3v) is 4.17. The minimum atomic E-state index is -0.973. The van der Waals surface area contributed by atoms with Crippen molar-refractivity contribution in [1.82, 2.24) is 15.1 Å².